The summed E-state index contributed by atoms with van der Waals surface area (Å²) in [6.45, 7) is 5.06. The van der Waals surface area contributed by atoms with E-state index in [9.17, 15) is 0 Å². The lowest BCUT2D eigenvalue weighted by Gasteiger charge is -2.17. The van der Waals surface area contributed by atoms with E-state index in [1.165, 1.54) is 11.1 Å². The summed E-state index contributed by atoms with van der Waals surface area (Å²) in [7, 11) is 0. The molecule has 0 amide bonds. The van der Waals surface area contributed by atoms with Crippen molar-refractivity contribution in [1.29, 1.82) is 0 Å². The molecule has 0 radical (unpaired) electrons. The lowest BCUT2D eigenvalue weighted by Crippen LogP contribution is -2.40. The summed E-state index contributed by atoms with van der Waals surface area (Å²) in [5, 5.41) is 12.3. The number of aryl methyl sites for hydroxylation is 1. The number of nitrogens with one attached hydrogen (secondary N) is 2. The highest BCUT2D eigenvalue weighted by Gasteiger charge is 2.25. The number of thioether (sulfide) groups is 1. The minimum absolute atomic E-state index is 0.797. The molecule has 0 aliphatic carbocycles. The van der Waals surface area contributed by atoms with Crippen LogP contribution in [0, 0.1) is 0 Å². The van der Waals surface area contributed by atoms with E-state index in [0.29, 0.717) is 0 Å². The van der Waals surface area contributed by atoms with E-state index < -0.39 is 0 Å². The Morgan fingerprint density at radius 1 is 1.00 bits per heavy atom. The van der Waals surface area contributed by atoms with E-state index in [-0.39, 0.29) is 0 Å². The van der Waals surface area contributed by atoms with Gasteiger partial charge in [0.25, 0.3) is 0 Å². The van der Waals surface area contributed by atoms with Gasteiger partial charge in [-0.05, 0) is 30.5 Å². The summed E-state index contributed by atoms with van der Waals surface area (Å²) in [5.74, 6) is 1.73. The van der Waals surface area contributed by atoms with Gasteiger partial charge in [0.1, 0.15) is 5.03 Å². The summed E-state index contributed by atoms with van der Waals surface area (Å²) in [6, 6.07) is 19.0. The molecule has 1 aromatic heterocycles. The first-order valence-corrected chi connectivity index (χ1v) is 10.5. The molecule has 6 nitrogen and oxygen atoms in total. The van der Waals surface area contributed by atoms with Crippen LogP contribution in [0.3, 0.4) is 0 Å². The number of para-hydroxylation sites is 1. The van der Waals surface area contributed by atoms with Crippen molar-refractivity contribution in [2.75, 3.05) is 6.54 Å². The number of benzene rings is 2. The van der Waals surface area contributed by atoms with Gasteiger partial charge in [-0.15, -0.1) is 22.4 Å². The third-order valence-corrected chi connectivity index (χ3v) is 5.85. The second kappa shape index (κ2) is 8.50. The van der Waals surface area contributed by atoms with Gasteiger partial charge in [0.15, 0.2) is 5.84 Å². The maximum absolute atomic E-state index is 4.75. The normalized spacial score (nSPS) is 13.5. The van der Waals surface area contributed by atoms with Crippen LogP contribution in [0.1, 0.15) is 30.5 Å². The standard InChI is InChI=1S/C21H24N6S/c1-3-17-12-8-9-13-19(17)27-21(28-15-16-10-6-5-7-11-16)18(14-22-27)20-23-24-25-26(20)4-2/h5-14,24-25H,3-4,15H2,1-2H3. The van der Waals surface area contributed by atoms with E-state index >= 15 is 0 Å². The van der Waals surface area contributed by atoms with Gasteiger partial charge in [-0.2, -0.15) is 5.10 Å². The average molecular weight is 393 g/mol. The van der Waals surface area contributed by atoms with E-state index in [0.717, 1.165) is 40.8 Å². The molecule has 144 valence electrons. The molecular weight excluding hydrogens is 368 g/mol. The van der Waals surface area contributed by atoms with Crippen LogP contribution >= 0.6 is 11.8 Å². The van der Waals surface area contributed by atoms with Gasteiger partial charge < -0.3 is 0 Å². The lowest BCUT2D eigenvalue weighted by atomic mass is 10.1. The number of aromatic nitrogens is 2. The highest BCUT2D eigenvalue weighted by molar-refractivity contribution is 7.98. The maximum Gasteiger partial charge on any atom is 0.177 e. The van der Waals surface area contributed by atoms with Crippen molar-refractivity contribution in [1.82, 2.24) is 25.9 Å². The summed E-state index contributed by atoms with van der Waals surface area (Å²) >= 11 is 1.78. The zero-order valence-electron chi connectivity index (χ0n) is 16.1. The predicted molar refractivity (Wildman–Crippen MR) is 114 cm³/mol. The average Bonchev–Trinajstić information content (AvgIpc) is 3.39. The Balaban J connectivity index is 1.76. The van der Waals surface area contributed by atoms with Gasteiger partial charge in [-0.3, -0.25) is 5.01 Å². The van der Waals surface area contributed by atoms with Crippen LogP contribution in [-0.2, 0) is 12.2 Å². The second-order valence-electron chi connectivity index (χ2n) is 6.44. The first kappa shape index (κ1) is 18.6. The van der Waals surface area contributed by atoms with Gasteiger partial charge in [-0.1, -0.05) is 55.5 Å². The molecule has 0 bridgehead atoms. The van der Waals surface area contributed by atoms with Crippen LogP contribution in [0.15, 0.2) is 70.9 Å². The molecule has 1 aliphatic heterocycles. The summed E-state index contributed by atoms with van der Waals surface area (Å²) < 4.78 is 2.05. The number of rotatable bonds is 7. The van der Waals surface area contributed by atoms with Crippen molar-refractivity contribution in [3.63, 3.8) is 0 Å². The fraction of sp³-hybridized carbons (Fsp3) is 0.238. The van der Waals surface area contributed by atoms with Crippen LogP contribution in [0.4, 0.5) is 0 Å². The van der Waals surface area contributed by atoms with Gasteiger partial charge in [0.05, 0.1) is 17.4 Å². The smallest absolute Gasteiger partial charge is 0.177 e. The summed E-state index contributed by atoms with van der Waals surface area (Å²) in [4.78, 5) is 0. The maximum atomic E-state index is 4.75. The predicted octanol–water partition coefficient (Wildman–Crippen LogP) is 3.73. The first-order chi connectivity index (χ1) is 13.8. The Bertz CT molecular complexity index is 966. The number of hydrazine groups is 2. The third kappa shape index (κ3) is 3.63. The SMILES string of the molecule is CCc1ccccc1-n1ncc(C2=NNNN2CC)c1SCc1ccccc1. The zero-order valence-corrected chi connectivity index (χ0v) is 16.9. The molecule has 0 atom stereocenters. The fourth-order valence-corrected chi connectivity index (χ4v) is 4.29. The zero-order chi connectivity index (χ0) is 19.3. The molecule has 3 aromatic rings. The molecule has 1 aliphatic rings. The number of hydrazone groups is 1. The molecule has 0 spiro atoms. The Hall–Kier alpha value is -2.77. The van der Waals surface area contributed by atoms with E-state index in [1.54, 1.807) is 11.8 Å². The summed E-state index contributed by atoms with van der Waals surface area (Å²) in [5.41, 5.74) is 10.6. The molecule has 0 saturated heterocycles. The minimum Gasteiger partial charge on any atom is -0.271 e. The highest BCUT2D eigenvalue weighted by Crippen LogP contribution is 2.31. The lowest BCUT2D eigenvalue weighted by molar-refractivity contribution is 0.308. The molecule has 4 rings (SSSR count). The van der Waals surface area contributed by atoms with Crippen molar-refractivity contribution in [3.05, 3.63) is 77.5 Å². The topological polar surface area (TPSA) is 57.5 Å². The second-order valence-corrected chi connectivity index (χ2v) is 7.40. The van der Waals surface area contributed by atoms with Gasteiger partial charge in [0.2, 0.25) is 0 Å². The van der Waals surface area contributed by atoms with Crippen LogP contribution in [0.25, 0.3) is 5.69 Å². The largest absolute Gasteiger partial charge is 0.271 e. The number of hydrogen-bond acceptors (Lipinski definition) is 6. The molecular formula is C21H24N6S. The molecule has 0 fully saturated rings. The Morgan fingerprint density at radius 3 is 2.57 bits per heavy atom. The molecule has 7 heteroatoms. The monoisotopic (exact) mass is 392 g/mol. The van der Waals surface area contributed by atoms with Gasteiger partial charge in [-0.25, -0.2) is 10.2 Å². The van der Waals surface area contributed by atoms with Crippen molar-refractivity contribution in [3.8, 4) is 5.69 Å². The Labute approximate surface area is 169 Å². The van der Waals surface area contributed by atoms with E-state index in [2.05, 4.69) is 83.2 Å². The van der Waals surface area contributed by atoms with Crippen LogP contribution in [0.5, 0.6) is 0 Å². The molecule has 0 unspecified atom stereocenters. The van der Waals surface area contributed by atoms with Gasteiger partial charge in [0, 0.05) is 12.3 Å². The Kier molecular flexibility index (Phi) is 5.64. The van der Waals surface area contributed by atoms with Crippen LogP contribution in [-0.4, -0.2) is 27.2 Å². The molecule has 2 N–H and O–H groups in total. The molecule has 2 aromatic carbocycles. The Morgan fingerprint density at radius 2 is 1.79 bits per heavy atom. The highest BCUT2D eigenvalue weighted by atomic mass is 32.2. The van der Waals surface area contributed by atoms with E-state index in [1.807, 2.05) is 17.3 Å². The van der Waals surface area contributed by atoms with Crippen LogP contribution < -0.4 is 11.1 Å². The summed E-state index contributed by atoms with van der Waals surface area (Å²) in [6.07, 6.45) is 2.87. The van der Waals surface area contributed by atoms with Crippen molar-refractivity contribution in [2.45, 2.75) is 31.0 Å². The van der Waals surface area contributed by atoms with Crippen molar-refractivity contribution < 1.29 is 0 Å². The number of hydrogen-bond donors (Lipinski definition) is 2. The van der Waals surface area contributed by atoms with Gasteiger partial charge >= 0.3 is 0 Å². The van der Waals surface area contributed by atoms with Crippen molar-refractivity contribution >= 4 is 17.6 Å². The van der Waals surface area contributed by atoms with E-state index in [4.69, 9.17) is 5.10 Å². The number of amidine groups is 1. The first-order valence-electron chi connectivity index (χ1n) is 9.51. The minimum atomic E-state index is 0.797. The molecule has 0 saturated carbocycles. The van der Waals surface area contributed by atoms with Crippen LogP contribution in [0.2, 0.25) is 0 Å². The molecule has 2 heterocycles. The quantitative estimate of drug-likeness (QED) is 0.600. The fourth-order valence-electron chi connectivity index (χ4n) is 3.23. The van der Waals surface area contributed by atoms with Crippen molar-refractivity contribution in [2.24, 2.45) is 5.10 Å². The molecule has 28 heavy (non-hydrogen) atoms. The third-order valence-electron chi connectivity index (χ3n) is 4.70. The number of nitrogens with zero attached hydrogens (tertiary/aromatic N) is 4.